The third kappa shape index (κ3) is 1.29. The Balaban J connectivity index is 2.65. The van der Waals surface area contributed by atoms with Crippen molar-refractivity contribution >= 4 is 0 Å². The molecule has 78 valence electrons. The van der Waals surface area contributed by atoms with Crippen LogP contribution in [0.1, 0.15) is 29.5 Å². The van der Waals surface area contributed by atoms with Crippen molar-refractivity contribution in [2.45, 2.75) is 32.1 Å². The third-order valence-electron chi connectivity index (χ3n) is 3.15. The zero-order chi connectivity index (χ0) is 11.2. The summed E-state index contributed by atoms with van der Waals surface area (Å²) in [5.74, 6) is -0.892. The van der Waals surface area contributed by atoms with E-state index in [0.29, 0.717) is 11.1 Å². The standard InChI is InChI=1S/C12H12FNO/c1-7-5-9(12(6-14)3-4-12)8(2)11(15)10(7)13/h5,15H,3-4H2,1-2H3. The Morgan fingerprint density at radius 1 is 1.47 bits per heavy atom. The summed E-state index contributed by atoms with van der Waals surface area (Å²) in [6.07, 6.45) is 1.60. The molecular formula is C12H12FNO. The molecule has 15 heavy (non-hydrogen) atoms. The van der Waals surface area contributed by atoms with Crippen LogP contribution in [0.2, 0.25) is 0 Å². The summed E-state index contributed by atoms with van der Waals surface area (Å²) in [6, 6.07) is 3.93. The molecule has 1 N–H and O–H groups in total. The lowest BCUT2D eigenvalue weighted by Gasteiger charge is -2.14. The van der Waals surface area contributed by atoms with Crippen molar-refractivity contribution < 1.29 is 9.50 Å². The maximum absolute atomic E-state index is 13.4. The lowest BCUT2D eigenvalue weighted by Crippen LogP contribution is -2.07. The Labute approximate surface area is 88.0 Å². The number of hydrogen-bond donors (Lipinski definition) is 1. The number of phenols is 1. The van der Waals surface area contributed by atoms with Gasteiger partial charge in [0.25, 0.3) is 0 Å². The summed E-state index contributed by atoms with van der Waals surface area (Å²) < 4.78 is 13.4. The summed E-state index contributed by atoms with van der Waals surface area (Å²) in [5, 5.41) is 18.6. The van der Waals surface area contributed by atoms with E-state index < -0.39 is 11.2 Å². The first-order chi connectivity index (χ1) is 7.02. The third-order valence-corrected chi connectivity index (χ3v) is 3.15. The van der Waals surface area contributed by atoms with E-state index in [-0.39, 0.29) is 5.75 Å². The smallest absolute Gasteiger partial charge is 0.167 e. The molecule has 0 heterocycles. The Morgan fingerprint density at radius 2 is 2.07 bits per heavy atom. The highest BCUT2D eigenvalue weighted by molar-refractivity contribution is 5.51. The molecule has 0 atom stereocenters. The molecule has 0 saturated heterocycles. The molecule has 2 nitrogen and oxygen atoms in total. The lowest BCUT2D eigenvalue weighted by atomic mass is 9.91. The summed E-state index contributed by atoms with van der Waals surface area (Å²) in [4.78, 5) is 0. The summed E-state index contributed by atoms with van der Waals surface area (Å²) in [5.41, 5.74) is 1.20. The topological polar surface area (TPSA) is 44.0 Å². The molecule has 1 aliphatic carbocycles. The van der Waals surface area contributed by atoms with Crippen LogP contribution in [-0.2, 0) is 5.41 Å². The van der Waals surface area contributed by atoms with E-state index in [1.807, 2.05) is 0 Å². The van der Waals surface area contributed by atoms with Crippen LogP contribution in [0, 0.1) is 31.0 Å². The molecule has 1 aromatic rings. The molecule has 0 bridgehead atoms. The van der Waals surface area contributed by atoms with Gasteiger partial charge in [-0.2, -0.15) is 5.26 Å². The quantitative estimate of drug-likeness (QED) is 0.766. The second-order valence-electron chi connectivity index (χ2n) is 4.22. The van der Waals surface area contributed by atoms with Crippen molar-refractivity contribution in [1.82, 2.24) is 0 Å². The average Bonchev–Trinajstić information content (AvgIpc) is 3.01. The first kappa shape index (κ1) is 9.97. The first-order valence-electron chi connectivity index (χ1n) is 4.92. The Bertz CT molecular complexity index is 469. The predicted molar refractivity (Wildman–Crippen MR) is 54.1 cm³/mol. The normalized spacial score (nSPS) is 17.2. The maximum atomic E-state index is 13.4. The van der Waals surface area contributed by atoms with Crippen molar-refractivity contribution in [3.8, 4) is 11.8 Å². The average molecular weight is 205 g/mol. The number of benzene rings is 1. The minimum absolute atomic E-state index is 0.313. The molecule has 0 spiro atoms. The molecule has 3 heteroatoms. The van der Waals surface area contributed by atoms with Gasteiger partial charge >= 0.3 is 0 Å². The van der Waals surface area contributed by atoms with E-state index in [1.165, 1.54) is 0 Å². The van der Waals surface area contributed by atoms with E-state index in [1.54, 1.807) is 19.9 Å². The minimum Gasteiger partial charge on any atom is -0.505 e. The number of hydrogen-bond acceptors (Lipinski definition) is 2. The van der Waals surface area contributed by atoms with E-state index in [2.05, 4.69) is 6.07 Å². The van der Waals surface area contributed by atoms with Crippen LogP contribution in [0.4, 0.5) is 4.39 Å². The summed E-state index contributed by atoms with van der Waals surface area (Å²) >= 11 is 0. The van der Waals surface area contributed by atoms with Crippen LogP contribution in [0.25, 0.3) is 0 Å². The highest BCUT2D eigenvalue weighted by atomic mass is 19.1. The van der Waals surface area contributed by atoms with E-state index in [9.17, 15) is 9.50 Å². The second kappa shape index (κ2) is 2.96. The zero-order valence-electron chi connectivity index (χ0n) is 8.76. The molecule has 0 unspecified atom stereocenters. The SMILES string of the molecule is Cc1cc(C2(C#N)CC2)c(C)c(O)c1F. The highest BCUT2D eigenvalue weighted by Gasteiger charge is 2.46. The Hall–Kier alpha value is -1.56. The molecule has 0 aromatic heterocycles. The van der Waals surface area contributed by atoms with Gasteiger partial charge in [-0.05, 0) is 43.4 Å². The highest BCUT2D eigenvalue weighted by Crippen LogP contribution is 2.50. The van der Waals surface area contributed by atoms with E-state index in [4.69, 9.17) is 5.26 Å². The van der Waals surface area contributed by atoms with Crippen molar-refractivity contribution in [3.63, 3.8) is 0 Å². The van der Waals surface area contributed by atoms with E-state index in [0.717, 1.165) is 18.4 Å². The van der Waals surface area contributed by atoms with Gasteiger partial charge in [0.2, 0.25) is 0 Å². The van der Waals surface area contributed by atoms with Gasteiger partial charge in [-0.3, -0.25) is 0 Å². The van der Waals surface area contributed by atoms with Crippen LogP contribution < -0.4 is 0 Å². The molecule has 1 fully saturated rings. The minimum atomic E-state index is -0.579. The van der Waals surface area contributed by atoms with Gasteiger partial charge in [-0.25, -0.2) is 4.39 Å². The van der Waals surface area contributed by atoms with Crippen molar-refractivity contribution in [1.29, 1.82) is 5.26 Å². The zero-order valence-corrected chi connectivity index (χ0v) is 8.76. The molecule has 1 aromatic carbocycles. The van der Waals surface area contributed by atoms with Crippen molar-refractivity contribution in [2.24, 2.45) is 0 Å². The molecule has 1 saturated carbocycles. The maximum Gasteiger partial charge on any atom is 0.167 e. The first-order valence-corrected chi connectivity index (χ1v) is 4.92. The Kier molecular flexibility index (Phi) is 1.97. The van der Waals surface area contributed by atoms with Crippen LogP contribution in [0.15, 0.2) is 6.07 Å². The molecular weight excluding hydrogens is 193 g/mol. The van der Waals surface area contributed by atoms with Crippen LogP contribution in [0.5, 0.6) is 5.75 Å². The Morgan fingerprint density at radius 3 is 2.53 bits per heavy atom. The number of rotatable bonds is 1. The number of nitriles is 1. The summed E-state index contributed by atoms with van der Waals surface area (Å²) in [7, 11) is 0. The molecule has 2 rings (SSSR count). The van der Waals surface area contributed by atoms with Gasteiger partial charge in [-0.1, -0.05) is 6.07 Å². The number of aromatic hydroxyl groups is 1. The van der Waals surface area contributed by atoms with Crippen molar-refractivity contribution in [2.75, 3.05) is 0 Å². The van der Waals surface area contributed by atoms with Crippen LogP contribution in [-0.4, -0.2) is 5.11 Å². The van der Waals surface area contributed by atoms with Gasteiger partial charge in [0.1, 0.15) is 0 Å². The predicted octanol–water partition coefficient (Wildman–Crippen LogP) is 2.70. The number of nitrogens with zero attached hydrogens (tertiary/aromatic N) is 1. The summed E-state index contributed by atoms with van der Waals surface area (Å²) in [6.45, 7) is 3.26. The molecule has 0 amide bonds. The number of aryl methyl sites for hydroxylation is 1. The van der Waals surface area contributed by atoms with Crippen molar-refractivity contribution in [3.05, 3.63) is 28.6 Å². The molecule has 0 radical (unpaired) electrons. The molecule has 0 aliphatic heterocycles. The van der Waals surface area contributed by atoms with Gasteiger partial charge in [0, 0.05) is 0 Å². The second-order valence-corrected chi connectivity index (χ2v) is 4.22. The van der Waals surface area contributed by atoms with Gasteiger partial charge < -0.3 is 5.11 Å². The molecule has 1 aliphatic rings. The van der Waals surface area contributed by atoms with E-state index >= 15 is 0 Å². The van der Waals surface area contributed by atoms with Gasteiger partial charge in [0.15, 0.2) is 11.6 Å². The number of halogens is 1. The van der Waals surface area contributed by atoms with Crippen LogP contribution >= 0.6 is 0 Å². The fourth-order valence-corrected chi connectivity index (χ4v) is 1.93. The fourth-order valence-electron chi connectivity index (χ4n) is 1.93. The fraction of sp³-hybridized carbons (Fsp3) is 0.417. The lowest BCUT2D eigenvalue weighted by molar-refractivity contribution is 0.424. The number of phenolic OH excluding ortho intramolecular Hbond substituents is 1. The van der Waals surface area contributed by atoms with Crippen LogP contribution in [0.3, 0.4) is 0 Å². The van der Waals surface area contributed by atoms with Gasteiger partial charge in [0.05, 0.1) is 11.5 Å². The van der Waals surface area contributed by atoms with Gasteiger partial charge in [-0.15, -0.1) is 0 Å². The largest absolute Gasteiger partial charge is 0.505 e. The monoisotopic (exact) mass is 205 g/mol.